The number of thiophene rings is 1. The number of carbonyl (C=O) groups is 2. The lowest BCUT2D eigenvalue weighted by Crippen LogP contribution is -2.39. The zero-order chi connectivity index (χ0) is 21.0. The van der Waals surface area contributed by atoms with E-state index in [4.69, 9.17) is 4.74 Å². The number of fused-ring (bicyclic) bond motifs is 1. The topological polar surface area (TPSA) is 58.6 Å². The van der Waals surface area contributed by atoms with Crippen LogP contribution in [0.5, 0.6) is 0 Å². The number of hydrogen-bond donors (Lipinski definition) is 1. The van der Waals surface area contributed by atoms with E-state index in [1.54, 1.807) is 0 Å². The second kappa shape index (κ2) is 8.96. The lowest BCUT2D eigenvalue weighted by atomic mass is 10.1. The molecule has 1 heterocycles. The van der Waals surface area contributed by atoms with Gasteiger partial charge in [-0.05, 0) is 43.0 Å². The highest BCUT2D eigenvalue weighted by Crippen LogP contribution is 2.34. The maximum absolute atomic E-state index is 13.1. The number of aryl methyl sites for hydroxylation is 2. The normalized spacial score (nSPS) is 13.2. The summed E-state index contributed by atoms with van der Waals surface area (Å²) in [5.74, 6) is -1.02. The zero-order valence-corrected chi connectivity index (χ0v) is 16.7. The Morgan fingerprint density at radius 1 is 1.24 bits per heavy atom. The number of benzene rings is 1. The van der Waals surface area contributed by atoms with E-state index >= 15 is 0 Å². The van der Waals surface area contributed by atoms with Crippen molar-refractivity contribution in [3.63, 3.8) is 0 Å². The molecule has 0 aliphatic heterocycles. The molecular weight excluding hydrogens is 405 g/mol. The molecule has 1 N–H and O–H groups in total. The van der Waals surface area contributed by atoms with Crippen molar-refractivity contribution in [3.05, 3.63) is 51.2 Å². The number of rotatable bonds is 7. The number of nitrogens with zero attached hydrogens (tertiary/aromatic N) is 1. The predicted octanol–water partition coefficient (Wildman–Crippen LogP) is 3.98. The summed E-state index contributed by atoms with van der Waals surface area (Å²) in [7, 11) is 1.47. The third-order valence-electron chi connectivity index (χ3n) is 4.65. The van der Waals surface area contributed by atoms with Crippen molar-refractivity contribution < 1.29 is 27.5 Å². The van der Waals surface area contributed by atoms with Gasteiger partial charge in [0.1, 0.15) is 6.54 Å². The summed E-state index contributed by atoms with van der Waals surface area (Å²) < 4.78 is 44.4. The zero-order valence-electron chi connectivity index (χ0n) is 15.8. The largest absolute Gasteiger partial charge is 0.418 e. The van der Waals surface area contributed by atoms with Crippen LogP contribution in [0.1, 0.15) is 32.1 Å². The van der Waals surface area contributed by atoms with Gasteiger partial charge in [-0.1, -0.05) is 12.1 Å². The van der Waals surface area contributed by atoms with Crippen molar-refractivity contribution >= 4 is 28.8 Å². The van der Waals surface area contributed by atoms with E-state index in [0.717, 1.165) is 30.9 Å². The highest BCUT2D eigenvalue weighted by atomic mass is 32.1. The van der Waals surface area contributed by atoms with Gasteiger partial charge in [-0.2, -0.15) is 13.2 Å². The molecule has 0 atom stereocenters. The monoisotopic (exact) mass is 426 g/mol. The van der Waals surface area contributed by atoms with E-state index in [-0.39, 0.29) is 31.3 Å². The van der Waals surface area contributed by atoms with Crippen LogP contribution in [-0.4, -0.2) is 43.5 Å². The van der Waals surface area contributed by atoms with Gasteiger partial charge in [0.05, 0.1) is 22.7 Å². The highest BCUT2D eigenvalue weighted by molar-refractivity contribution is 7.14. The quantitative estimate of drug-likeness (QED) is 0.729. The van der Waals surface area contributed by atoms with Crippen LogP contribution in [0.2, 0.25) is 0 Å². The van der Waals surface area contributed by atoms with Crippen LogP contribution in [0.25, 0.3) is 0 Å². The van der Waals surface area contributed by atoms with Crippen LogP contribution >= 0.6 is 11.3 Å². The van der Waals surface area contributed by atoms with Gasteiger partial charge in [0.25, 0.3) is 5.91 Å². The summed E-state index contributed by atoms with van der Waals surface area (Å²) in [5, 5.41) is 2.28. The second-order valence-corrected chi connectivity index (χ2v) is 7.86. The Labute approximate surface area is 170 Å². The molecule has 1 aliphatic rings. The molecule has 0 saturated carbocycles. The molecule has 1 aliphatic carbocycles. The summed E-state index contributed by atoms with van der Waals surface area (Å²) in [6.07, 6.45) is -1.64. The van der Waals surface area contributed by atoms with Gasteiger partial charge in [-0.25, -0.2) is 0 Å². The number of methoxy groups -OCH3 is 1. The summed E-state index contributed by atoms with van der Waals surface area (Å²) in [4.78, 5) is 28.3. The summed E-state index contributed by atoms with van der Waals surface area (Å²) >= 11 is 1.42. The number of alkyl halides is 3. The lowest BCUT2D eigenvalue weighted by Gasteiger charge is -2.22. The Kier molecular flexibility index (Phi) is 6.59. The van der Waals surface area contributed by atoms with Crippen LogP contribution < -0.4 is 5.32 Å². The number of carbonyl (C=O) groups excluding carboxylic acids is 2. The van der Waals surface area contributed by atoms with Crippen molar-refractivity contribution in [1.29, 1.82) is 0 Å². The molecule has 9 heteroatoms. The van der Waals surface area contributed by atoms with Gasteiger partial charge in [0, 0.05) is 18.5 Å². The Morgan fingerprint density at radius 3 is 2.69 bits per heavy atom. The SMILES string of the molecule is COCCN(CC(=O)Nc1ccccc1C(F)(F)F)C(=O)c1cc2c(s1)CCC2. The maximum Gasteiger partial charge on any atom is 0.418 e. The number of nitrogens with one attached hydrogen (secondary N) is 1. The van der Waals surface area contributed by atoms with Crippen molar-refractivity contribution in [2.45, 2.75) is 25.4 Å². The van der Waals surface area contributed by atoms with E-state index in [1.807, 2.05) is 6.07 Å². The fourth-order valence-electron chi connectivity index (χ4n) is 3.25. The smallest absolute Gasteiger partial charge is 0.383 e. The third-order valence-corrected chi connectivity index (χ3v) is 5.88. The van der Waals surface area contributed by atoms with Gasteiger partial charge >= 0.3 is 6.18 Å². The first-order valence-electron chi connectivity index (χ1n) is 9.15. The standard InChI is InChI=1S/C20H21F3N2O3S/c1-28-10-9-25(19(27)17-11-13-5-4-8-16(13)29-17)12-18(26)24-15-7-3-2-6-14(15)20(21,22)23/h2-3,6-7,11H,4-5,8-10,12H2,1H3,(H,24,26). The fourth-order valence-corrected chi connectivity index (χ4v) is 4.47. The molecule has 156 valence electrons. The second-order valence-electron chi connectivity index (χ2n) is 6.72. The third kappa shape index (κ3) is 5.16. The molecule has 5 nitrogen and oxygen atoms in total. The van der Waals surface area contributed by atoms with E-state index in [9.17, 15) is 22.8 Å². The Hall–Kier alpha value is -2.39. The number of amides is 2. The average molecular weight is 426 g/mol. The molecule has 2 aromatic rings. The van der Waals surface area contributed by atoms with Crippen molar-refractivity contribution in [3.8, 4) is 0 Å². The van der Waals surface area contributed by atoms with Crippen molar-refractivity contribution in [2.24, 2.45) is 0 Å². The Balaban J connectivity index is 1.73. The van der Waals surface area contributed by atoms with Gasteiger partial charge < -0.3 is 15.0 Å². The van der Waals surface area contributed by atoms with E-state index in [1.165, 1.54) is 46.4 Å². The first kappa shape index (κ1) is 21.3. The van der Waals surface area contributed by atoms with Crippen LogP contribution in [0.15, 0.2) is 30.3 Å². The van der Waals surface area contributed by atoms with Gasteiger partial charge in [-0.15, -0.1) is 11.3 Å². The average Bonchev–Trinajstić information content (AvgIpc) is 3.26. The van der Waals surface area contributed by atoms with Crippen molar-refractivity contribution in [2.75, 3.05) is 32.1 Å². The van der Waals surface area contributed by atoms with Crippen molar-refractivity contribution in [1.82, 2.24) is 4.90 Å². The van der Waals surface area contributed by atoms with E-state index in [2.05, 4.69) is 5.32 Å². The molecule has 1 aromatic heterocycles. The molecule has 29 heavy (non-hydrogen) atoms. The molecule has 0 bridgehead atoms. The molecule has 1 aromatic carbocycles. The van der Waals surface area contributed by atoms with Gasteiger partial charge in [0.15, 0.2) is 0 Å². The minimum absolute atomic E-state index is 0.159. The minimum atomic E-state index is -4.59. The Bertz CT molecular complexity index is 874. The number of hydrogen-bond acceptors (Lipinski definition) is 4. The number of ether oxygens (including phenoxy) is 1. The molecule has 0 fully saturated rings. The minimum Gasteiger partial charge on any atom is -0.383 e. The molecule has 3 rings (SSSR count). The fraction of sp³-hybridized carbons (Fsp3) is 0.400. The van der Waals surface area contributed by atoms with Gasteiger partial charge in [0.2, 0.25) is 5.91 Å². The Morgan fingerprint density at radius 2 is 2.00 bits per heavy atom. The van der Waals surface area contributed by atoms with E-state index < -0.39 is 17.6 Å². The molecule has 0 spiro atoms. The molecule has 0 saturated heterocycles. The first-order chi connectivity index (χ1) is 13.8. The molecule has 0 unspecified atom stereocenters. The highest BCUT2D eigenvalue weighted by Gasteiger charge is 2.33. The summed E-state index contributed by atoms with van der Waals surface area (Å²) in [6, 6.07) is 6.60. The van der Waals surface area contributed by atoms with E-state index in [0.29, 0.717) is 4.88 Å². The van der Waals surface area contributed by atoms with Gasteiger partial charge in [-0.3, -0.25) is 9.59 Å². The van der Waals surface area contributed by atoms with Crippen LogP contribution in [0.3, 0.4) is 0 Å². The number of halogens is 3. The first-order valence-corrected chi connectivity index (χ1v) is 9.97. The van der Waals surface area contributed by atoms with Crippen LogP contribution in [0.4, 0.5) is 18.9 Å². The van der Waals surface area contributed by atoms with Crippen LogP contribution in [-0.2, 0) is 28.5 Å². The predicted molar refractivity (Wildman–Crippen MR) is 104 cm³/mol. The van der Waals surface area contributed by atoms with Crippen LogP contribution in [0, 0.1) is 0 Å². The molecule has 2 amide bonds. The molecule has 0 radical (unpaired) electrons. The summed E-state index contributed by atoms with van der Waals surface area (Å²) in [5.41, 5.74) is -0.106. The summed E-state index contributed by atoms with van der Waals surface area (Å²) in [6.45, 7) is 0.00639. The number of anilines is 1. The maximum atomic E-state index is 13.1. The lowest BCUT2D eigenvalue weighted by molar-refractivity contribution is -0.137. The molecular formula is C20H21F3N2O3S. The number of para-hydroxylation sites is 1.